The van der Waals surface area contributed by atoms with Crippen molar-refractivity contribution in [2.45, 2.75) is 6.92 Å². The number of carbonyl (C=O) groups excluding carboxylic acids is 3. The molecule has 0 heterocycles. The number of nitrogens with one attached hydrogen (secondary N) is 3. The molecule has 0 aliphatic heterocycles. The lowest BCUT2D eigenvalue weighted by molar-refractivity contribution is -0.136. The van der Waals surface area contributed by atoms with Gasteiger partial charge < -0.3 is 15.4 Å². The molecule has 0 saturated heterocycles. The van der Waals surface area contributed by atoms with Crippen molar-refractivity contribution in [2.75, 3.05) is 17.2 Å². The zero-order chi connectivity index (χ0) is 23.6. The van der Waals surface area contributed by atoms with Gasteiger partial charge in [0.05, 0.1) is 24.1 Å². The predicted molar refractivity (Wildman–Crippen MR) is 131 cm³/mol. The third-order valence-electron chi connectivity index (χ3n) is 4.30. The first kappa shape index (κ1) is 23.7. The van der Waals surface area contributed by atoms with Crippen LogP contribution in [0.3, 0.4) is 0 Å². The quantitative estimate of drug-likeness (QED) is 0.252. The lowest BCUT2D eigenvalue weighted by Gasteiger charge is -2.11. The van der Waals surface area contributed by atoms with E-state index < -0.39 is 17.7 Å². The maximum absolute atomic E-state index is 12.7. The number of amides is 3. The zero-order valence-corrected chi connectivity index (χ0v) is 19.3. The number of nitrogens with zero attached hydrogens (tertiary/aromatic N) is 1. The van der Waals surface area contributed by atoms with Gasteiger partial charge in [-0.05, 0) is 73.2 Å². The number of para-hydroxylation sites is 1. The highest BCUT2D eigenvalue weighted by molar-refractivity contribution is 9.10. The van der Waals surface area contributed by atoms with Crippen LogP contribution in [0.5, 0.6) is 5.75 Å². The van der Waals surface area contributed by atoms with Gasteiger partial charge in [-0.2, -0.15) is 5.10 Å². The van der Waals surface area contributed by atoms with E-state index in [-0.39, 0.29) is 11.3 Å². The van der Waals surface area contributed by atoms with Crippen LogP contribution in [0.25, 0.3) is 0 Å². The van der Waals surface area contributed by atoms with Crippen molar-refractivity contribution in [3.05, 3.63) is 88.4 Å². The Hall–Kier alpha value is -3.98. The maximum Gasteiger partial charge on any atom is 0.329 e. The lowest BCUT2D eigenvalue weighted by atomic mass is 10.1. The first-order valence-electron chi connectivity index (χ1n) is 9.99. The molecule has 0 radical (unpaired) electrons. The Morgan fingerprint density at radius 1 is 0.909 bits per heavy atom. The normalized spacial score (nSPS) is 10.5. The monoisotopic (exact) mass is 508 g/mol. The molecule has 0 bridgehead atoms. The molecule has 0 spiro atoms. The topological polar surface area (TPSA) is 109 Å². The highest BCUT2D eigenvalue weighted by Crippen LogP contribution is 2.19. The van der Waals surface area contributed by atoms with Crippen LogP contribution in [0.15, 0.2) is 82.4 Å². The molecular weight excluding hydrogens is 488 g/mol. The van der Waals surface area contributed by atoms with Gasteiger partial charge in [0.15, 0.2) is 0 Å². The number of halogens is 1. The second kappa shape index (κ2) is 11.6. The van der Waals surface area contributed by atoms with Crippen molar-refractivity contribution >= 4 is 51.2 Å². The molecule has 3 aromatic carbocycles. The second-order valence-electron chi connectivity index (χ2n) is 6.66. The average Bonchev–Trinajstić information content (AvgIpc) is 2.82. The number of hydrogen-bond acceptors (Lipinski definition) is 5. The average molecular weight is 509 g/mol. The molecule has 33 heavy (non-hydrogen) atoms. The van der Waals surface area contributed by atoms with Crippen LogP contribution >= 0.6 is 15.9 Å². The molecule has 0 aromatic heterocycles. The molecule has 3 aromatic rings. The van der Waals surface area contributed by atoms with E-state index in [1.807, 2.05) is 6.92 Å². The molecule has 9 heteroatoms. The first-order chi connectivity index (χ1) is 16.0. The summed E-state index contributed by atoms with van der Waals surface area (Å²) >= 11 is 3.34. The molecule has 0 saturated carbocycles. The standard InChI is InChI=1S/C24H21BrN4O4/c1-2-33-19-13-7-16(8-14-19)15-26-29-24(32)23(31)28-21-6-4-3-5-20(21)22(30)27-18-11-9-17(25)10-12-18/h3-15H,2H2,1H3,(H,27,30)(H,28,31)(H,29,32)/b26-15-. The minimum atomic E-state index is -0.972. The first-order valence-corrected chi connectivity index (χ1v) is 10.8. The molecule has 168 valence electrons. The van der Waals surface area contributed by atoms with Gasteiger partial charge in [0.2, 0.25) is 0 Å². The van der Waals surface area contributed by atoms with Crippen LogP contribution in [0.2, 0.25) is 0 Å². The summed E-state index contributed by atoms with van der Waals surface area (Å²) in [5.41, 5.74) is 3.88. The van der Waals surface area contributed by atoms with Gasteiger partial charge in [-0.15, -0.1) is 0 Å². The number of rotatable bonds is 7. The third kappa shape index (κ3) is 7.01. The van der Waals surface area contributed by atoms with Gasteiger partial charge in [0, 0.05) is 10.2 Å². The van der Waals surface area contributed by atoms with Crippen molar-refractivity contribution in [1.29, 1.82) is 0 Å². The summed E-state index contributed by atoms with van der Waals surface area (Å²) in [5, 5.41) is 8.99. The van der Waals surface area contributed by atoms with E-state index in [4.69, 9.17) is 4.74 Å². The SMILES string of the molecule is CCOc1ccc(/C=N\NC(=O)C(=O)Nc2ccccc2C(=O)Nc2ccc(Br)cc2)cc1. The van der Waals surface area contributed by atoms with Crippen molar-refractivity contribution in [3.63, 3.8) is 0 Å². The highest BCUT2D eigenvalue weighted by atomic mass is 79.9. The van der Waals surface area contributed by atoms with Crippen LogP contribution in [0.4, 0.5) is 11.4 Å². The van der Waals surface area contributed by atoms with E-state index in [0.29, 0.717) is 17.9 Å². The fourth-order valence-corrected chi connectivity index (χ4v) is 3.00. The van der Waals surface area contributed by atoms with Crippen LogP contribution in [0, 0.1) is 0 Å². The van der Waals surface area contributed by atoms with Crippen molar-refractivity contribution in [1.82, 2.24) is 5.43 Å². The van der Waals surface area contributed by atoms with E-state index in [1.165, 1.54) is 12.3 Å². The highest BCUT2D eigenvalue weighted by Gasteiger charge is 2.17. The van der Waals surface area contributed by atoms with E-state index in [9.17, 15) is 14.4 Å². The molecular formula is C24H21BrN4O4. The molecule has 3 N–H and O–H groups in total. The predicted octanol–water partition coefficient (Wildman–Crippen LogP) is 4.19. The Morgan fingerprint density at radius 3 is 2.30 bits per heavy atom. The molecule has 0 aliphatic carbocycles. The van der Waals surface area contributed by atoms with E-state index in [0.717, 1.165) is 10.2 Å². The molecule has 3 rings (SSSR count). The van der Waals surface area contributed by atoms with Crippen LogP contribution in [-0.4, -0.2) is 30.5 Å². The molecule has 0 fully saturated rings. The Morgan fingerprint density at radius 2 is 1.61 bits per heavy atom. The largest absolute Gasteiger partial charge is 0.494 e. The molecule has 0 unspecified atom stereocenters. The Balaban J connectivity index is 1.59. The van der Waals surface area contributed by atoms with Gasteiger partial charge in [-0.3, -0.25) is 14.4 Å². The summed E-state index contributed by atoms with van der Waals surface area (Å²) in [6.45, 7) is 2.46. The summed E-state index contributed by atoms with van der Waals surface area (Å²) in [6, 6.07) is 20.5. The Kier molecular flexibility index (Phi) is 8.31. The van der Waals surface area contributed by atoms with Crippen molar-refractivity contribution < 1.29 is 19.1 Å². The van der Waals surface area contributed by atoms with Crippen molar-refractivity contribution in [3.8, 4) is 5.75 Å². The minimum Gasteiger partial charge on any atom is -0.494 e. The summed E-state index contributed by atoms with van der Waals surface area (Å²) in [5.74, 6) is -1.63. The van der Waals surface area contributed by atoms with Gasteiger partial charge in [0.25, 0.3) is 5.91 Å². The lowest BCUT2D eigenvalue weighted by Crippen LogP contribution is -2.33. The van der Waals surface area contributed by atoms with Gasteiger partial charge >= 0.3 is 11.8 Å². The van der Waals surface area contributed by atoms with Crippen LogP contribution in [0.1, 0.15) is 22.8 Å². The van der Waals surface area contributed by atoms with E-state index in [2.05, 4.69) is 37.1 Å². The van der Waals surface area contributed by atoms with Gasteiger partial charge in [-0.1, -0.05) is 28.1 Å². The van der Waals surface area contributed by atoms with Crippen molar-refractivity contribution in [2.24, 2.45) is 5.10 Å². The third-order valence-corrected chi connectivity index (χ3v) is 4.83. The van der Waals surface area contributed by atoms with Crippen LogP contribution in [-0.2, 0) is 9.59 Å². The number of hydrogen-bond donors (Lipinski definition) is 3. The summed E-state index contributed by atoms with van der Waals surface area (Å²) in [7, 11) is 0. The van der Waals surface area contributed by atoms with Gasteiger partial charge in [-0.25, -0.2) is 5.43 Å². The van der Waals surface area contributed by atoms with E-state index in [1.54, 1.807) is 66.7 Å². The van der Waals surface area contributed by atoms with Gasteiger partial charge in [0.1, 0.15) is 5.75 Å². The molecule has 0 aliphatic rings. The molecule has 8 nitrogen and oxygen atoms in total. The number of benzene rings is 3. The number of anilines is 2. The number of carbonyl (C=O) groups is 3. The van der Waals surface area contributed by atoms with E-state index >= 15 is 0 Å². The summed E-state index contributed by atoms with van der Waals surface area (Å²) in [6.07, 6.45) is 1.40. The number of hydrazone groups is 1. The smallest absolute Gasteiger partial charge is 0.329 e. The fraction of sp³-hybridized carbons (Fsp3) is 0.0833. The van der Waals surface area contributed by atoms with Crippen LogP contribution < -0.4 is 20.8 Å². The molecule has 3 amide bonds. The summed E-state index contributed by atoms with van der Waals surface area (Å²) in [4.78, 5) is 37.1. The molecule has 0 atom stereocenters. The fourth-order valence-electron chi connectivity index (χ4n) is 2.73. The number of ether oxygens (including phenoxy) is 1. The maximum atomic E-state index is 12.7. The second-order valence-corrected chi connectivity index (χ2v) is 7.58. The zero-order valence-electron chi connectivity index (χ0n) is 17.7. The minimum absolute atomic E-state index is 0.197. The Labute approximate surface area is 199 Å². The Bertz CT molecular complexity index is 1160. The summed E-state index contributed by atoms with van der Waals surface area (Å²) < 4.78 is 6.24.